The largest absolute Gasteiger partial charge is 0.339 e. The second kappa shape index (κ2) is 8.11. The van der Waals surface area contributed by atoms with Crippen LogP contribution in [-0.4, -0.2) is 22.7 Å². The lowest BCUT2D eigenvalue weighted by Gasteiger charge is -2.06. The van der Waals surface area contributed by atoms with Crippen LogP contribution in [0.3, 0.4) is 0 Å². The molecule has 0 fully saturated rings. The van der Waals surface area contributed by atoms with Gasteiger partial charge in [-0.1, -0.05) is 19.0 Å². The second-order valence-corrected chi connectivity index (χ2v) is 6.44. The molecular weight excluding hydrogens is 395 g/mol. The third-order valence-electron chi connectivity index (χ3n) is 2.96. The summed E-state index contributed by atoms with van der Waals surface area (Å²) in [6.07, 6.45) is 1.41. The first-order chi connectivity index (χ1) is 10.5. The maximum Gasteiger partial charge on any atom is 0.319 e. The number of hydrogen-bond acceptors (Lipinski definition) is 4. The molecule has 1 aromatic heterocycles. The molecule has 1 heterocycles. The highest BCUT2D eigenvalue weighted by molar-refractivity contribution is 14.1. The summed E-state index contributed by atoms with van der Waals surface area (Å²) < 4.78 is 6.28. The van der Waals surface area contributed by atoms with Gasteiger partial charge in [0.15, 0.2) is 5.82 Å². The van der Waals surface area contributed by atoms with E-state index in [1.165, 1.54) is 0 Å². The highest BCUT2D eigenvalue weighted by atomic mass is 127. The van der Waals surface area contributed by atoms with Crippen molar-refractivity contribution < 1.29 is 9.32 Å². The number of nitrogens with one attached hydrogen (secondary N) is 2. The lowest BCUT2D eigenvalue weighted by atomic mass is 10.2. The van der Waals surface area contributed by atoms with Gasteiger partial charge in [-0.05, 0) is 53.3 Å². The molecule has 0 radical (unpaired) electrons. The molecule has 2 aromatic rings. The molecule has 0 aliphatic heterocycles. The van der Waals surface area contributed by atoms with Crippen molar-refractivity contribution in [2.45, 2.75) is 32.6 Å². The van der Waals surface area contributed by atoms with E-state index in [9.17, 15) is 4.79 Å². The standard InChI is InChI=1S/C15H19IN4O2/c1-10(2)14-19-13(22-20-14)4-3-9-17-15(21)18-12-7-5-11(16)6-8-12/h5-8,10H,3-4,9H2,1-2H3,(H2,17,18,21). The molecule has 1 aromatic carbocycles. The third kappa shape index (κ3) is 5.28. The van der Waals surface area contributed by atoms with Gasteiger partial charge in [0.05, 0.1) is 0 Å². The first-order valence-electron chi connectivity index (χ1n) is 7.17. The normalized spacial score (nSPS) is 10.7. The van der Waals surface area contributed by atoms with Gasteiger partial charge in [-0.2, -0.15) is 4.98 Å². The maximum atomic E-state index is 11.7. The molecule has 2 N–H and O–H groups in total. The van der Waals surface area contributed by atoms with E-state index >= 15 is 0 Å². The Morgan fingerprint density at radius 3 is 2.68 bits per heavy atom. The Morgan fingerprint density at radius 1 is 1.32 bits per heavy atom. The first kappa shape index (κ1) is 16.7. The van der Waals surface area contributed by atoms with Crippen molar-refractivity contribution in [1.29, 1.82) is 0 Å². The monoisotopic (exact) mass is 414 g/mol. The quantitative estimate of drug-likeness (QED) is 0.560. The number of carbonyl (C=O) groups excluding carboxylic acids is 1. The predicted octanol–water partition coefficient (Wildman–Crippen LogP) is 3.55. The Bertz CT molecular complexity index is 610. The zero-order valence-electron chi connectivity index (χ0n) is 12.6. The van der Waals surface area contributed by atoms with Gasteiger partial charge in [0, 0.05) is 28.1 Å². The van der Waals surface area contributed by atoms with E-state index < -0.39 is 0 Å². The van der Waals surface area contributed by atoms with Crippen LogP contribution >= 0.6 is 22.6 Å². The minimum absolute atomic E-state index is 0.213. The molecule has 22 heavy (non-hydrogen) atoms. The number of carbonyl (C=O) groups is 1. The van der Waals surface area contributed by atoms with Crippen LogP contribution in [0.2, 0.25) is 0 Å². The summed E-state index contributed by atoms with van der Waals surface area (Å²) in [6.45, 7) is 4.59. The van der Waals surface area contributed by atoms with Crippen LogP contribution in [0.25, 0.3) is 0 Å². The maximum absolute atomic E-state index is 11.7. The number of aromatic nitrogens is 2. The van der Waals surface area contributed by atoms with Gasteiger partial charge in [0.2, 0.25) is 5.89 Å². The zero-order valence-corrected chi connectivity index (χ0v) is 14.8. The minimum Gasteiger partial charge on any atom is -0.339 e. The molecule has 2 rings (SSSR count). The van der Waals surface area contributed by atoms with Gasteiger partial charge in [-0.15, -0.1) is 0 Å². The van der Waals surface area contributed by atoms with Crippen molar-refractivity contribution in [3.05, 3.63) is 39.6 Å². The topological polar surface area (TPSA) is 80.0 Å². The summed E-state index contributed by atoms with van der Waals surface area (Å²) in [5.74, 6) is 1.60. The number of nitrogens with zero attached hydrogens (tertiary/aromatic N) is 2. The molecule has 0 spiro atoms. The van der Waals surface area contributed by atoms with E-state index in [0.29, 0.717) is 18.9 Å². The van der Waals surface area contributed by atoms with Gasteiger partial charge in [-0.3, -0.25) is 0 Å². The number of urea groups is 1. The van der Waals surface area contributed by atoms with E-state index in [0.717, 1.165) is 21.5 Å². The highest BCUT2D eigenvalue weighted by Crippen LogP contribution is 2.11. The van der Waals surface area contributed by atoms with Gasteiger partial charge < -0.3 is 15.2 Å². The van der Waals surface area contributed by atoms with E-state index in [1.54, 1.807) is 0 Å². The number of benzene rings is 1. The Balaban J connectivity index is 1.67. The molecule has 2 amide bonds. The fraction of sp³-hybridized carbons (Fsp3) is 0.400. The molecule has 118 valence electrons. The Hall–Kier alpha value is -1.64. The number of anilines is 1. The van der Waals surface area contributed by atoms with Crippen molar-refractivity contribution in [2.75, 3.05) is 11.9 Å². The van der Waals surface area contributed by atoms with Crippen molar-refractivity contribution in [3.63, 3.8) is 0 Å². The van der Waals surface area contributed by atoms with Gasteiger partial charge in [0.25, 0.3) is 0 Å². The summed E-state index contributed by atoms with van der Waals surface area (Å²) in [5.41, 5.74) is 0.774. The number of rotatable bonds is 6. The average molecular weight is 414 g/mol. The molecule has 0 unspecified atom stereocenters. The fourth-order valence-electron chi connectivity index (χ4n) is 1.75. The van der Waals surface area contributed by atoms with Crippen molar-refractivity contribution in [3.8, 4) is 0 Å². The highest BCUT2D eigenvalue weighted by Gasteiger charge is 2.09. The first-order valence-corrected chi connectivity index (χ1v) is 8.25. The average Bonchev–Trinajstić information content (AvgIpc) is 2.95. The number of halogens is 1. The van der Waals surface area contributed by atoms with E-state index in [4.69, 9.17) is 4.52 Å². The van der Waals surface area contributed by atoms with Crippen LogP contribution in [0.1, 0.15) is 37.9 Å². The second-order valence-electron chi connectivity index (χ2n) is 5.19. The van der Waals surface area contributed by atoms with Crippen LogP contribution in [0.4, 0.5) is 10.5 Å². The summed E-state index contributed by atoms with van der Waals surface area (Å²) in [5, 5.41) is 9.49. The molecule has 6 nitrogen and oxygen atoms in total. The molecule has 0 saturated carbocycles. The lowest BCUT2D eigenvalue weighted by Crippen LogP contribution is -2.29. The molecule has 7 heteroatoms. The molecule has 0 aliphatic carbocycles. The molecule has 0 saturated heterocycles. The van der Waals surface area contributed by atoms with Crippen LogP contribution in [0, 0.1) is 3.57 Å². The molecule has 0 atom stereocenters. The van der Waals surface area contributed by atoms with Crippen LogP contribution < -0.4 is 10.6 Å². The van der Waals surface area contributed by atoms with E-state index in [2.05, 4.69) is 43.4 Å². The van der Waals surface area contributed by atoms with E-state index in [1.807, 2.05) is 38.1 Å². The molecular formula is C15H19IN4O2. The van der Waals surface area contributed by atoms with Gasteiger partial charge in [-0.25, -0.2) is 4.79 Å². The molecule has 0 aliphatic rings. The number of amides is 2. The third-order valence-corrected chi connectivity index (χ3v) is 3.67. The summed E-state index contributed by atoms with van der Waals surface area (Å²) in [4.78, 5) is 16.0. The smallest absolute Gasteiger partial charge is 0.319 e. The SMILES string of the molecule is CC(C)c1noc(CCCNC(=O)Nc2ccc(I)cc2)n1. The van der Waals surface area contributed by atoms with E-state index in [-0.39, 0.29) is 11.9 Å². The zero-order chi connectivity index (χ0) is 15.9. The Morgan fingerprint density at radius 2 is 2.05 bits per heavy atom. The summed E-state index contributed by atoms with van der Waals surface area (Å²) in [7, 11) is 0. The van der Waals surface area contributed by atoms with Crippen LogP contribution in [0.5, 0.6) is 0 Å². The number of aryl methyl sites for hydroxylation is 1. The fourth-order valence-corrected chi connectivity index (χ4v) is 2.11. The number of hydrogen-bond donors (Lipinski definition) is 2. The van der Waals surface area contributed by atoms with Gasteiger partial charge in [0.1, 0.15) is 0 Å². The van der Waals surface area contributed by atoms with Crippen LogP contribution in [0.15, 0.2) is 28.8 Å². The van der Waals surface area contributed by atoms with Crippen molar-refractivity contribution >= 4 is 34.3 Å². The Kier molecular flexibility index (Phi) is 6.17. The summed E-state index contributed by atoms with van der Waals surface area (Å²) >= 11 is 2.22. The van der Waals surface area contributed by atoms with Gasteiger partial charge >= 0.3 is 6.03 Å². The van der Waals surface area contributed by atoms with Crippen molar-refractivity contribution in [1.82, 2.24) is 15.5 Å². The lowest BCUT2D eigenvalue weighted by molar-refractivity contribution is 0.252. The predicted molar refractivity (Wildman–Crippen MR) is 92.9 cm³/mol. The van der Waals surface area contributed by atoms with Crippen LogP contribution in [-0.2, 0) is 6.42 Å². The molecule has 0 bridgehead atoms. The Labute approximate surface area is 143 Å². The van der Waals surface area contributed by atoms with Crippen molar-refractivity contribution in [2.24, 2.45) is 0 Å². The summed E-state index contributed by atoms with van der Waals surface area (Å²) in [6, 6.07) is 7.41. The minimum atomic E-state index is -0.213.